The second kappa shape index (κ2) is 8.33. The molecule has 1 amide bonds. The summed E-state index contributed by atoms with van der Waals surface area (Å²) in [6, 6.07) is 11.2. The van der Waals surface area contributed by atoms with Gasteiger partial charge in [-0.1, -0.05) is 29.8 Å². The third kappa shape index (κ3) is 5.64. The molecule has 5 heteroatoms. The Morgan fingerprint density at radius 3 is 2.40 bits per heavy atom. The summed E-state index contributed by atoms with van der Waals surface area (Å²) in [7, 11) is 0. The molecule has 0 aromatic heterocycles. The molecule has 0 bridgehead atoms. The number of nitrogens with one attached hydrogen (secondary N) is 1. The van der Waals surface area contributed by atoms with E-state index in [0.29, 0.717) is 18.7 Å². The molecule has 2 aromatic carbocycles. The van der Waals surface area contributed by atoms with Crippen LogP contribution in [0.15, 0.2) is 36.4 Å². The third-order valence-corrected chi connectivity index (χ3v) is 3.93. The van der Waals surface area contributed by atoms with Gasteiger partial charge in [0.2, 0.25) is 5.91 Å². The zero-order chi connectivity index (χ0) is 18.4. The lowest BCUT2D eigenvalue weighted by Gasteiger charge is -2.12. The van der Waals surface area contributed by atoms with Crippen molar-refractivity contribution in [1.82, 2.24) is 5.32 Å². The molecule has 2 N–H and O–H groups in total. The van der Waals surface area contributed by atoms with Gasteiger partial charge >= 0.3 is 5.97 Å². The van der Waals surface area contributed by atoms with Crippen molar-refractivity contribution >= 4 is 11.9 Å². The fourth-order valence-electron chi connectivity index (χ4n) is 2.80. The summed E-state index contributed by atoms with van der Waals surface area (Å²) in [5.74, 6) is -0.603. The second-order valence-electron chi connectivity index (χ2n) is 6.16. The Kier molecular flexibility index (Phi) is 6.17. The van der Waals surface area contributed by atoms with E-state index in [1.165, 1.54) is 5.56 Å². The van der Waals surface area contributed by atoms with Crippen molar-refractivity contribution in [2.24, 2.45) is 0 Å². The van der Waals surface area contributed by atoms with Crippen LogP contribution in [0, 0.1) is 20.8 Å². The molecule has 0 radical (unpaired) electrons. The van der Waals surface area contributed by atoms with Crippen LogP contribution in [0.1, 0.15) is 27.8 Å². The largest absolute Gasteiger partial charge is 0.482 e. The molecular formula is C20H23NO4. The molecule has 2 rings (SSSR count). The first-order chi connectivity index (χ1) is 11.8. The minimum absolute atomic E-state index is 0.0492. The molecule has 0 aliphatic carbocycles. The zero-order valence-corrected chi connectivity index (χ0v) is 14.8. The Morgan fingerprint density at radius 2 is 1.76 bits per heavy atom. The summed E-state index contributed by atoms with van der Waals surface area (Å²) in [5.41, 5.74) is 5.35. The summed E-state index contributed by atoms with van der Waals surface area (Å²) in [6.45, 7) is 6.07. The number of hydrogen-bond acceptors (Lipinski definition) is 3. The molecule has 0 spiro atoms. The Hall–Kier alpha value is -2.82. The van der Waals surface area contributed by atoms with Gasteiger partial charge in [0.15, 0.2) is 6.61 Å². The number of carbonyl (C=O) groups excluding carboxylic acids is 1. The van der Waals surface area contributed by atoms with Crippen LogP contribution in [0.4, 0.5) is 0 Å². The van der Waals surface area contributed by atoms with Gasteiger partial charge in [-0.25, -0.2) is 4.79 Å². The molecule has 0 unspecified atom stereocenters. The van der Waals surface area contributed by atoms with E-state index in [0.717, 1.165) is 22.3 Å². The first-order valence-corrected chi connectivity index (χ1v) is 8.12. The number of aryl methyl sites for hydroxylation is 3. The Labute approximate surface area is 147 Å². The smallest absolute Gasteiger partial charge is 0.341 e. The van der Waals surface area contributed by atoms with Crippen molar-refractivity contribution in [2.45, 2.75) is 33.7 Å². The number of carboxylic acid groups (broad SMARTS) is 1. The molecule has 0 aliphatic heterocycles. The Bertz CT molecular complexity index is 760. The van der Waals surface area contributed by atoms with Crippen LogP contribution in [-0.2, 0) is 22.6 Å². The molecule has 0 fully saturated rings. The summed E-state index contributed by atoms with van der Waals surface area (Å²) in [4.78, 5) is 22.8. The van der Waals surface area contributed by atoms with Crippen LogP contribution in [0.3, 0.4) is 0 Å². The summed E-state index contributed by atoms with van der Waals surface area (Å²) >= 11 is 0. The molecule has 0 atom stereocenters. The molecule has 2 aromatic rings. The van der Waals surface area contributed by atoms with Crippen molar-refractivity contribution < 1.29 is 19.4 Å². The van der Waals surface area contributed by atoms with Crippen molar-refractivity contribution in [3.63, 3.8) is 0 Å². The Morgan fingerprint density at radius 1 is 1.08 bits per heavy atom. The zero-order valence-electron chi connectivity index (χ0n) is 14.8. The van der Waals surface area contributed by atoms with Gasteiger partial charge in [-0.2, -0.15) is 0 Å². The molecule has 0 saturated heterocycles. The maximum atomic E-state index is 12.3. The average Bonchev–Trinajstić information content (AvgIpc) is 2.55. The van der Waals surface area contributed by atoms with E-state index in [-0.39, 0.29) is 12.5 Å². The molecule has 0 saturated carbocycles. The predicted molar refractivity (Wildman–Crippen MR) is 95.8 cm³/mol. The minimum atomic E-state index is -1.03. The maximum Gasteiger partial charge on any atom is 0.341 e. The molecule has 132 valence electrons. The minimum Gasteiger partial charge on any atom is -0.482 e. The number of aliphatic carboxylic acids is 1. The first-order valence-electron chi connectivity index (χ1n) is 8.12. The van der Waals surface area contributed by atoms with Crippen LogP contribution < -0.4 is 10.1 Å². The topological polar surface area (TPSA) is 75.6 Å². The van der Waals surface area contributed by atoms with Gasteiger partial charge in [-0.3, -0.25) is 4.79 Å². The monoisotopic (exact) mass is 341 g/mol. The van der Waals surface area contributed by atoms with Crippen molar-refractivity contribution in [3.05, 3.63) is 64.2 Å². The van der Waals surface area contributed by atoms with Gasteiger partial charge in [0.25, 0.3) is 0 Å². The lowest BCUT2D eigenvalue weighted by atomic mass is 9.97. The van der Waals surface area contributed by atoms with Crippen LogP contribution in [0.5, 0.6) is 5.75 Å². The van der Waals surface area contributed by atoms with Gasteiger partial charge in [-0.05, 0) is 55.2 Å². The lowest BCUT2D eigenvalue weighted by Crippen LogP contribution is -2.25. The van der Waals surface area contributed by atoms with Crippen molar-refractivity contribution in [2.75, 3.05) is 6.61 Å². The fourth-order valence-corrected chi connectivity index (χ4v) is 2.80. The molecule has 5 nitrogen and oxygen atoms in total. The fraction of sp³-hybridized carbons (Fsp3) is 0.300. The first kappa shape index (κ1) is 18.5. The highest BCUT2D eigenvalue weighted by molar-refractivity contribution is 5.79. The van der Waals surface area contributed by atoms with Crippen molar-refractivity contribution in [3.8, 4) is 5.75 Å². The van der Waals surface area contributed by atoms with Crippen LogP contribution in [-0.4, -0.2) is 23.6 Å². The van der Waals surface area contributed by atoms with Gasteiger partial charge in [0.05, 0.1) is 6.42 Å². The number of benzene rings is 2. The summed E-state index contributed by atoms with van der Waals surface area (Å²) < 4.78 is 5.14. The number of carboxylic acids is 1. The van der Waals surface area contributed by atoms with E-state index in [4.69, 9.17) is 9.84 Å². The summed E-state index contributed by atoms with van der Waals surface area (Å²) in [6.07, 6.45) is 0.340. The number of carbonyl (C=O) groups is 2. The standard InChI is InChI=1S/C20H23NO4/c1-13-7-14(2)18(15(3)8-13)10-19(22)21-11-16-5-4-6-17(9-16)25-12-20(23)24/h4-9H,10-12H2,1-3H3,(H,21,22)(H,23,24). The lowest BCUT2D eigenvalue weighted by molar-refractivity contribution is -0.139. The van der Waals surface area contributed by atoms with E-state index < -0.39 is 5.97 Å². The maximum absolute atomic E-state index is 12.3. The van der Waals surface area contributed by atoms with Crippen LogP contribution in [0.2, 0.25) is 0 Å². The predicted octanol–water partition coefficient (Wildman–Crippen LogP) is 2.93. The average molecular weight is 341 g/mol. The number of rotatable bonds is 7. The molecular weight excluding hydrogens is 318 g/mol. The molecule has 25 heavy (non-hydrogen) atoms. The number of amides is 1. The molecule has 0 aliphatic rings. The van der Waals surface area contributed by atoms with Gasteiger partial charge in [0, 0.05) is 6.54 Å². The normalized spacial score (nSPS) is 10.4. The Balaban J connectivity index is 1.94. The van der Waals surface area contributed by atoms with Crippen molar-refractivity contribution in [1.29, 1.82) is 0 Å². The number of ether oxygens (including phenoxy) is 1. The summed E-state index contributed by atoms with van der Waals surface area (Å²) in [5, 5.41) is 11.5. The van der Waals surface area contributed by atoms with Gasteiger partial charge in [0.1, 0.15) is 5.75 Å². The highest BCUT2D eigenvalue weighted by Gasteiger charge is 2.09. The van der Waals surface area contributed by atoms with E-state index in [9.17, 15) is 9.59 Å². The highest BCUT2D eigenvalue weighted by Crippen LogP contribution is 2.17. The number of hydrogen-bond donors (Lipinski definition) is 2. The van der Waals surface area contributed by atoms with Gasteiger partial charge < -0.3 is 15.2 Å². The van der Waals surface area contributed by atoms with Crippen LogP contribution in [0.25, 0.3) is 0 Å². The van der Waals surface area contributed by atoms with E-state index >= 15 is 0 Å². The second-order valence-corrected chi connectivity index (χ2v) is 6.16. The quantitative estimate of drug-likeness (QED) is 0.812. The van der Waals surface area contributed by atoms with Crippen LogP contribution >= 0.6 is 0 Å². The van der Waals surface area contributed by atoms with E-state index in [2.05, 4.69) is 17.4 Å². The van der Waals surface area contributed by atoms with E-state index in [1.807, 2.05) is 26.8 Å². The highest BCUT2D eigenvalue weighted by atomic mass is 16.5. The van der Waals surface area contributed by atoms with E-state index in [1.54, 1.807) is 18.2 Å². The van der Waals surface area contributed by atoms with Gasteiger partial charge in [-0.15, -0.1) is 0 Å². The molecule has 0 heterocycles. The SMILES string of the molecule is Cc1cc(C)c(CC(=O)NCc2cccc(OCC(=O)O)c2)c(C)c1. The third-order valence-electron chi connectivity index (χ3n) is 3.93.